The maximum absolute atomic E-state index is 6.14. The molecular weight excluding hydrogens is 513 g/mol. The molecule has 2 fully saturated rings. The quantitative estimate of drug-likeness (QED) is 0.322. The van der Waals surface area contributed by atoms with Gasteiger partial charge in [-0.1, -0.05) is 18.2 Å². The Labute approximate surface area is 209 Å². The Kier molecular flexibility index (Phi) is 9.89. The van der Waals surface area contributed by atoms with Gasteiger partial charge in [0.15, 0.2) is 5.96 Å². The van der Waals surface area contributed by atoms with Crippen LogP contribution in [0.1, 0.15) is 44.6 Å². The van der Waals surface area contributed by atoms with Crippen LogP contribution in [0.3, 0.4) is 0 Å². The molecule has 0 spiro atoms. The lowest BCUT2D eigenvalue weighted by molar-refractivity contribution is 0.129. The fourth-order valence-corrected chi connectivity index (χ4v) is 4.32. The van der Waals surface area contributed by atoms with Crippen LogP contribution >= 0.6 is 24.0 Å². The summed E-state index contributed by atoms with van der Waals surface area (Å²) in [7, 11) is 0. The van der Waals surface area contributed by atoms with Crippen LogP contribution in [-0.2, 0) is 6.54 Å². The van der Waals surface area contributed by atoms with Gasteiger partial charge in [0.1, 0.15) is 17.7 Å². The maximum Gasteiger partial charge on any atom is 0.194 e. The van der Waals surface area contributed by atoms with Crippen molar-refractivity contribution < 1.29 is 4.74 Å². The summed E-state index contributed by atoms with van der Waals surface area (Å²) in [5, 5.41) is 3.47. The third-order valence-corrected chi connectivity index (χ3v) is 6.02. The first-order valence-corrected chi connectivity index (χ1v) is 11.8. The number of anilines is 1. The van der Waals surface area contributed by atoms with Gasteiger partial charge in [-0.15, -0.1) is 24.0 Å². The number of piperidine rings is 2. The van der Waals surface area contributed by atoms with E-state index in [1.165, 1.54) is 24.8 Å². The van der Waals surface area contributed by atoms with Crippen molar-refractivity contribution in [2.24, 2.45) is 4.99 Å². The fourth-order valence-electron chi connectivity index (χ4n) is 4.32. The number of para-hydroxylation sites is 1. The minimum Gasteiger partial charge on any atom is -0.490 e. The predicted octanol–water partition coefficient (Wildman–Crippen LogP) is 4.70. The average Bonchev–Trinajstić information content (AvgIpc) is 2.84. The molecule has 2 aliphatic rings. The average molecular weight is 550 g/mol. The molecule has 1 aromatic carbocycles. The highest BCUT2D eigenvalue weighted by molar-refractivity contribution is 14.0. The lowest BCUT2D eigenvalue weighted by Gasteiger charge is -2.34. The summed E-state index contributed by atoms with van der Waals surface area (Å²) in [4.78, 5) is 14.3. The molecule has 2 saturated heterocycles. The standard InChI is InChI=1S/C25H35N5O.HI/c1-2-26-25(30-17-12-23(13-18-30)31-22-9-5-3-6-10-22)28-20-21-11-14-27-24(19-21)29-15-7-4-8-16-29;/h3,5-6,9-11,14,19,23H,2,4,7-8,12-13,15-18,20H2,1H3,(H,26,28);1H. The van der Waals surface area contributed by atoms with E-state index in [4.69, 9.17) is 9.73 Å². The number of rotatable bonds is 6. The summed E-state index contributed by atoms with van der Waals surface area (Å²) < 4.78 is 6.14. The molecule has 2 aliphatic heterocycles. The third-order valence-electron chi connectivity index (χ3n) is 6.02. The predicted molar refractivity (Wildman–Crippen MR) is 142 cm³/mol. The van der Waals surface area contributed by atoms with Crippen LogP contribution < -0.4 is 15.0 Å². The molecular formula is C25H36IN5O. The normalized spacial score (nSPS) is 17.6. The van der Waals surface area contributed by atoms with Gasteiger partial charge in [-0.2, -0.15) is 0 Å². The maximum atomic E-state index is 6.14. The zero-order valence-electron chi connectivity index (χ0n) is 19.1. The van der Waals surface area contributed by atoms with Gasteiger partial charge in [-0.25, -0.2) is 9.98 Å². The molecule has 2 aromatic rings. The Morgan fingerprint density at radius 1 is 1.06 bits per heavy atom. The number of hydrogen-bond donors (Lipinski definition) is 1. The van der Waals surface area contributed by atoms with Gasteiger partial charge in [0.25, 0.3) is 0 Å². The minimum absolute atomic E-state index is 0. The summed E-state index contributed by atoms with van der Waals surface area (Å²) >= 11 is 0. The van der Waals surface area contributed by atoms with Crippen molar-refractivity contribution >= 4 is 35.8 Å². The molecule has 7 heteroatoms. The first kappa shape index (κ1) is 24.6. The van der Waals surface area contributed by atoms with E-state index >= 15 is 0 Å². The molecule has 0 radical (unpaired) electrons. The first-order valence-electron chi connectivity index (χ1n) is 11.8. The molecule has 4 rings (SSSR count). The van der Waals surface area contributed by atoms with Crippen LogP contribution in [0, 0.1) is 0 Å². The number of nitrogens with zero attached hydrogens (tertiary/aromatic N) is 4. The van der Waals surface area contributed by atoms with Gasteiger partial charge < -0.3 is 19.9 Å². The van der Waals surface area contributed by atoms with E-state index in [2.05, 4.69) is 39.2 Å². The lowest BCUT2D eigenvalue weighted by atomic mass is 10.1. The van der Waals surface area contributed by atoms with Crippen LogP contribution in [-0.4, -0.2) is 54.7 Å². The molecule has 0 amide bonds. The fraction of sp³-hybridized carbons (Fsp3) is 0.520. The number of nitrogens with one attached hydrogen (secondary N) is 1. The lowest BCUT2D eigenvalue weighted by Crippen LogP contribution is -2.47. The van der Waals surface area contributed by atoms with Gasteiger partial charge in [-0.05, 0) is 56.0 Å². The Balaban J connectivity index is 0.00000289. The smallest absolute Gasteiger partial charge is 0.194 e. The van der Waals surface area contributed by atoms with Gasteiger partial charge in [0.05, 0.1) is 6.54 Å². The topological polar surface area (TPSA) is 53.0 Å². The molecule has 32 heavy (non-hydrogen) atoms. The highest BCUT2D eigenvalue weighted by Crippen LogP contribution is 2.20. The van der Waals surface area contributed by atoms with E-state index in [1.54, 1.807) is 0 Å². The first-order chi connectivity index (χ1) is 15.3. The molecule has 0 saturated carbocycles. The highest BCUT2D eigenvalue weighted by atomic mass is 127. The highest BCUT2D eigenvalue weighted by Gasteiger charge is 2.22. The number of hydrogen-bond acceptors (Lipinski definition) is 4. The summed E-state index contributed by atoms with van der Waals surface area (Å²) in [5.41, 5.74) is 1.22. The number of pyridine rings is 1. The molecule has 0 unspecified atom stereocenters. The Morgan fingerprint density at radius 3 is 2.53 bits per heavy atom. The molecule has 0 aliphatic carbocycles. The zero-order valence-corrected chi connectivity index (χ0v) is 21.4. The van der Waals surface area contributed by atoms with Crippen molar-refractivity contribution in [3.05, 3.63) is 54.2 Å². The van der Waals surface area contributed by atoms with Crippen LogP contribution in [0.4, 0.5) is 5.82 Å². The number of halogens is 1. The van der Waals surface area contributed by atoms with Crippen LogP contribution in [0.25, 0.3) is 0 Å². The second kappa shape index (κ2) is 12.9. The molecule has 1 aromatic heterocycles. The Hall–Kier alpha value is -2.03. The second-order valence-electron chi connectivity index (χ2n) is 8.36. The number of aliphatic imine (C=N–C) groups is 1. The number of likely N-dealkylation sites (tertiary alicyclic amines) is 1. The summed E-state index contributed by atoms with van der Waals surface area (Å²) in [6.07, 6.45) is 8.07. The summed E-state index contributed by atoms with van der Waals surface area (Å²) in [5.74, 6) is 3.05. The molecule has 0 atom stereocenters. The number of ether oxygens (including phenoxy) is 1. The van der Waals surface area contributed by atoms with Crippen molar-refractivity contribution in [2.75, 3.05) is 37.6 Å². The largest absolute Gasteiger partial charge is 0.490 e. The number of guanidine groups is 1. The van der Waals surface area contributed by atoms with Crippen LogP contribution in [0.15, 0.2) is 53.7 Å². The van der Waals surface area contributed by atoms with Crippen molar-refractivity contribution in [3.8, 4) is 5.75 Å². The van der Waals surface area contributed by atoms with E-state index in [1.807, 2.05) is 36.5 Å². The van der Waals surface area contributed by atoms with Crippen LogP contribution in [0.5, 0.6) is 5.75 Å². The van der Waals surface area contributed by atoms with Crippen LogP contribution in [0.2, 0.25) is 0 Å². The summed E-state index contributed by atoms with van der Waals surface area (Å²) in [6.45, 7) is 7.81. The van der Waals surface area contributed by atoms with Crippen molar-refractivity contribution in [1.29, 1.82) is 0 Å². The van der Waals surface area contributed by atoms with E-state index in [9.17, 15) is 0 Å². The molecule has 3 heterocycles. The Bertz CT molecular complexity index is 833. The van der Waals surface area contributed by atoms with E-state index < -0.39 is 0 Å². The number of benzene rings is 1. The molecule has 1 N–H and O–H groups in total. The van der Waals surface area contributed by atoms with E-state index in [0.29, 0.717) is 6.54 Å². The van der Waals surface area contributed by atoms with Gasteiger partial charge in [0, 0.05) is 51.8 Å². The van der Waals surface area contributed by atoms with Crippen molar-refractivity contribution in [1.82, 2.24) is 15.2 Å². The van der Waals surface area contributed by atoms with Gasteiger partial charge in [-0.3, -0.25) is 0 Å². The monoisotopic (exact) mass is 549 g/mol. The second-order valence-corrected chi connectivity index (χ2v) is 8.36. The van der Waals surface area contributed by atoms with E-state index in [-0.39, 0.29) is 30.1 Å². The van der Waals surface area contributed by atoms with Crippen molar-refractivity contribution in [2.45, 2.75) is 51.7 Å². The number of aromatic nitrogens is 1. The zero-order chi connectivity index (χ0) is 21.3. The van der Waals surface area contributed by atoms with Gasteiger partial charge in [0.2, 0.25) is 0 Å². The summed E-state index contributed by atoms with van der Waals surface area (Å²) in [6, 6.07) is 14.4. The van der Waals surface area contributed by atoms with E-state index in [0.717, 1.165) is 63.1 Å². The van der Waals surface area contributed by atoms with Gasteiger partial charge >= 0.3 is 0 Å². The molecule has 6 nitrogen and oxygen atoms in total. The Morgan fingerprint density at radius 2 is 1.81 bits per heavy atom. The van der Waals surface area contributed by atoms with Crippen molar-refractivity contribution in [3.63, 3.8) is 0 Å². The minimum atomic E-state index is 0. The third kappa shape index (κ3) is 6.98. The molecule has 0 bridgehead atoms. The molecule has 174 valence electrons. The SMILES string of the molecule is CCNC(=NCc1ccnc(N2CCCCC2)c1)N1CCC(Oc2ccccc2)CC1.I.